The quantitative estimate of drug-likeness (QED) is 0.613. The number of aromatic nitrogens is 1. The predicted octanol–water partition coefficient (Wildman–Crippen LogP) is 1.44. The number of fused-ring (bicyclic) bond motifs is 1. The van der Waals surface area contributed by atoms with Gasteiger partial charge in [-0.05, 0) is 18.2 Å². The zero-order chi connectivity index (χ0) is 11.7. The molecule has 82 valence electrons. The highest BCUT2D eigenvalue weighted by Gasteiger charge is 2.19. The van der Waals surface area contributed by atoms with Crippen molar-refractivity contribution in [3.63, 3.8) is 0 Å². The van der Waals surface area contributed by atoms with Crippen LogP contribution in [0.15, 0.2) is 29.2 Å². The Morgan fingerprint density at radius 3 is 2.69 bits per heavy atom. The van der Waals surface area contributed by atoms with Gasteiger partial charge >= 0.3 is 5.69 Å². The maximum Gasteiger partial charge on any atom is 0.318 e. The maximum absolute atomic E-state index is 11.4. The average Bonchev–Trinajstić information content (AvgIpc) is 2.27. The Labute approximate surface area is 89.6 Å². The van der Waals surface area contributed by atoms with Gasteiger partial charge in [-0.2, -0.15) is 0 Å². The number of ether oxygens (including phenoxy) is 1. The second-order valence-corrected chi connectivity index (χ2v) is 3.14. The van der Waals surface area contributed by atoms with Crippen LogP contribution in [0.2, 0.25) is 0 Å². The maximum atomic E-state index is 11.4. The van der Waals surface area contributed by atoms with Gasteiger partial charge in [-0.25, -0.2) is 0 Å². The van der Waals surface area contributed by atoms with E-state index in [1.807, 2.05) is 0 Å². The molecule has 0 saturated heterocycles. The molecule has 0 saturated carbocycles. The fraction of sp³-hybridized carbons (Fsp3) is 0.100. The van der Waals surface area contributed by atoms with Crippen molar-refractivity contribution in [2.45, 2.75) is 0 Å². The third-order valence-corrected chi connectivity index (χ3v) is 2.29. The average molecular weight is 220 g/mol. The highest BCUT2D eigenvalue weighted by molar-refractivity contribution is 5.92. The highest BCUT2D eigenvalue weighted by Crippen LogP contribution is 2.33. The monoisotopic (exact) mass is 220 g/mol. The van der Waals surface area contributed by atoms with Crippen LogP contribution in [-0.4, -0.2) is 17.0 Å². The first-order valence-corrected chi connectivity index (χ1v) is 4.48. The Bertz CT molecular complexity index is 618. The van der Waals surface area contributed by atoms with E-state index >= 15 is 0 Å². The molecule has 1 aromatic carbocycles. The molecule has 0 amide bonds. The number of nitro benzene ring substituents is 1. The van der Waals surface area contributed by atoms with E-state index in [0.717, 1.165) is 0 Å². The molecule has 1 aromatic heterocycles. The second-order valence-electron chi connectivity index (χ2n) is 3.14. The van der Waals surface area contributed by atoms with Crippen molar-refractivity contribution in [2.24, 2.45) is 0 Å². The molecule has 0 aliphatic heterocycles. The summed E-state index contributed by atoms with van der Waals surface area (Å²) < 4.78 is 4.90. The first kappa shape index (κ1) is 10.2. The molecule has 0 radical (unpaired) electrons. The van der Waals surface area contributed by atoms with Gasteiger partial charge in [0.15, 0.2) is 5.75 Å². The van der Waals surface area contributed by atoms with E-state index in [1.165, 1.54) is 31.5 Å². The number of rotatable bonds is 2. The number of H-pyrrole nitrogens is 1. The van der Waals surface area contributed by atoms with Gasteiger partial charge in [0.1, 0.15) is 0 Å². The molecule has 0 bridgehead atoms. The van der Waals surface area contributed by atoms with Crippen molar-refractivity contribution in [3.8, 4) is 5.75 Å². The third-order valence-electron chi connectivity index (χ3n) is 2.29. The highest BCUT2D eigenvalue weighted by atomic mass is 16.6. The molecule has 6 nitrogen and oxygen atoms in total. The van der Waals surface area contributed by atoms with Gasteiger partial charge in [-0.15, -0.1) is 0 Å². The molecule has 2 aromatic rings. The summed E-state index contributed by atoms with van der Waals surface area (Å²) in [6, 6.07) is 4.40. The van der Waals surface area contributed by atoms with Gasteiger partial charge in [-0.1, -0.05) is 0 Å². The topological polar surface area (TPSA) is 85.2 Å². The minimum Gasteiger partial charge on any atom is -0.490 e. The van der Waals surface area contributed by atoms with Crippen molar-refractivity contribution in [3.05, 3.63) is 44.9 Å². The van der Waals surface area contributed by atoms with Crippen LogP contribution in [0.5, 0.6) is 5.75 Å². The Morgan fingerprint density at radius 2 is 2.06 bits per heavy atom. The van der Waals surface area contributed by atoms with Gasteiger partial charge in [0.05, 0.1) is 22.8 Å². The summed E-state index contributed by atoms with van der Waals surface area (Å²) in [5, 5.41) is 11.5. The number of nitro groups is 1. The third kappa shape index (κ3) is 1.40. The van der Waals surface area contributed by atoms with Gasteiger partial charge in [0.2, 0.25) is 0 Å². The lowest BCUT2D eigenvalue weighted by atomic mass is 10.1. The van der Waals surface area contributed by atoms with Gasteiger partial charge in [0, 0.05) is 6.20 Å². The molecule has 2 rings (SSSR count). The van der Waals surface area contributed by atoms with E-state index in [0.29, 0.717) is 0 Å². The lowest BCUT2D eigenvalue weighted by molar-refractivity contribution is -0.383. The molecule has 0 unspecified atom stereocenters. The number of nitrogens with one attached hydrogen (secondary N) is 1. The number of hydrogen-bond donors (Lipinski definition) is 1. The van der Waals surface area contributed by atoms with Crippen LogP contribution < -0.4 is 10.3 Å². The van der Waals surface area contributed by atoms with Crippen LogP contribution >= 0.6 is 0 Å². The van der Waals surface area contributed by atoms with Crippen molar-refractivity contribution < 1.29 is 9.66 Å². The molecule has 16 heavy (non-hydrogen) atoms. The van der Waals surface area contributed by atoms with E-state index in [2.05, 4.69) is 4.98 Å². The number of methoxy groups -OCH3 is 1. The van der Waals surface area contributed by atoms with E-state index in [-0.39, 0.29) is 27.8 Å². The minimum atomic E-state index is -0.555. The number of benzene rings is 1. The summed E-state index contributed by atoms with van der Waals surface area (Å²) in [6.45, 7) is 0. The van der Waals surface area contributed by atoms with Gasteiger partial charge in [-0.3, -0.25) is 14.9 Å². The van der Waals surface area contributed by atoms with Crippen LogP contribution in [0.3, 0.4) is 0 Å². The molecule has 0 spiro atoms. The summed E-state index contributed by atoms with van der Waals surface area (Å²) in [6.07, 6.45) is 1.37. The van der Waals surface area contributed by atoms with Crippen LogP contribution in [0.4, 0.5) is 5.69 Å². The Hall–Kier alpha value is -2.37. The summed E-state index contributed by atoms with van der Waals surface area (Å²) in [5.74, 6) is 0.142. The van der Waals surface area contributed by atoms with Crippen molar-refractivity contribution in [2.75, 3.05) is 7.11 Å². The van der Waals surface area contributed by atoms with Gasteiger partial charge < -0.3 is 9.72 Å². The SMILES string of the molecule is COc1ccc2c(=O)[nH]ccc2c1[N+](=O)[O-]. The van der Waals surface area contributed by atoms with Crippen LogP contribution in [0.1, 0.15) is 0 Å². The molecule has 6 heteroatoms. The molecule has 0 fully saturated rings. The number of hydrogen-bond acceptors (Lipinski definition) is 4. The fourth-order valence-corrected chi connectivity index (χ4v) is 1.59. The molecule has 0 atom stereocenters. The second kappa shape index (κ2) is 3.65. The zero-order valence-electron chi connectivity index (χ0n) is 8.39. The van der Waals surface area contributed by atoms with E-state index in [9.17, 15) is 14.9 Å². The van der Waals surface area contributed by atoms with Crippen LogP contribution in [-0.2, 0) is 0 Å². The lowest BCUT2D eigenvalue weighted by Gasteiger charge is -2.03. The van der Waals surface area contributed by atoms with E-state index < -0.39 is 4.92 Å². The van der Waals surface area contributed by atoms with E-state index in [4.69, 9.17) is 4.74 Å². The largest absolute Gasteiger partial charge is 0.490 e. The van der Waals surface area contributed by atoms with Crippen molar-refractivity contribution >= 4 is 16.5 Å². The molecule has 0 aliphatic rings. The normalized spacial score (nSPS) is 10.3. The number of nitrogens with zero attached hydrogens (tertiary/aromatic N) is 1. The van der Waals surface area contributed by atoms with Crippen LogP contribution in [0, 0.1) is 10.1 Å². The Kier molecular flexibility index (Phi) is 2.32. The van der Waals surface area contributed by atoms with Crippen LogP contribution in [0.25, 0.3) is 10.8 Å². The van der Waals surface area contributed by atoms with Crippen molar-refractivity contribution in [1.82, 2.24) is 4.98 Å². The molecule has 1 N–H and O–H groups in total. The summed E-state index contributed by atoms with van der Waals surface area (Å²) >= 11 is 0. The summed E-state index contributed by atoms with van der Waals surface area (Å²) in [7, 11) is 1.35. The molecule has 0 aliphatic carbocycles. The van der Waals surface area contributed by atoms with Crippen molar-refractivity contribution in [1.29, 1.82) is 0 Å². The zero-order valence-corrected chi connectivity index (χ0v) is 8.39. The lowest BCUT2D eigenvalue weighted by Crippen LogP contribution is -2.06. The molecular weight excluding hydrogens is 212 g/mol. The van der Waals surface area contributed by atoms with Gasteiger partial charge in [0.25, 0.3) is 5.56 Å². The standard InChI is InChI=1S/C10H8N2O4/c1-16-8-3-2-7-6(9(8)12(14)15)4-5-11-10(7)13/h2-5H,1H3,(H,11,13). The Balaban J connectivity index is 2.95. The predicted molar refractivity (Wildman–Crippen MR) is 57.8 cm³/mol. The number of aromatic amines is 1. The first-order chi connectivity index (χ1) is 7.65. The first-order valence-electron chi connectivity index (χ1n) is 4.48. The minimum absolute atomic E-state index is 0.142. The van der Waals surface area contributed by atoms with E-state index in [1.54, 1.807) is 0 Å². The number of pyridine rings is 1. The fourth-order valence-electron chi connectivity index (χ4n) is 1.59. The Morgan fingerprint density at radius 1 is 1.31 bits per heavy atom. The summed E-state index contributed by atoms with van der Waals surface area (Å²) in [4.78, 5) is 24.3. The summed E-state index contributed by atoms with van der Waals surface area (Å²) in [5.41, 5.74) is -0.547. The smallest absolute Gasteiger partial charge is 0.318 e. The molecular formula is C10H8N2O4. The molecule has 1 heterocycles.